The fraction of sp³-hybridized carbons (Fsp3) is 0.571. The second-order valence-corrected chi connectivity index (χ2v) is 7.56. The van der Waals surface area contributed by atoms with Crippen LogP contribution in [-0.4, -0.2) is 41.3 Å². The van der Waals surface area contributed by atoms with Crippen molar-refractivity contribution in [2.45, 2.75) is 63.6 Å². The van der Waals surface area contributed by atoms with Crippen molar-refractivity contribution in [1.82, 2.24) is 4.90 Å². The molecule has 27 heavy (non-hydrogen) atoms. The highest BCUT2D eigenvalue weighted by atomic mass is 16.6. The predicted octanol–water partition coefficient (Wildman–Crippen LogP) is 2.88. The third kappa shape index (κ3) is 2.82. The quantitative estimate of drug-likeness (QED) is 0.288. The molecule has 0 spiro atoms. The lowest BCUT2D eigenvalue weighted by atomic mass is 9.71. The zero-order valence-electron chi connectivity index (χ0n) is 16.2. The molecule has 0 saturated carbocycles. The van der Waals surface area contributed by atoms with Gasteiger partial charge in [0.25, 0.3) is 0 Å². The van der Waals surface area contributed by atoms with Crippen LogP contribution >= 0.6 is 0 Å². The molecule has 1 amide bonds. The molecule has 1 unspecified atom stereocenters. The van der Waals surface area contributed by atoms with Crippen LogP contribution in [0.2, 0.25) is 0 Å². The van der Waals surface area contributed by atoms with Gasteiger partial charge in [-0.1, -0.05) is 44.7 Å². The van der Waals surface area contributed by atoms with E-state index in [1.165, 1.54) is 4.90 Å². The summed E-state index contributed by atoms with van der Waals surface area (Å²) >= 11 is 0. The van der Waals surface area contributed by atoms with Crippen LogP contribution in [0, 0.1) is 5.92 Å². The van der Waals surface area contributed by atoms with Crippen molar-refractivity contribution in [1.29, 1.82) is 0 Å². The van der Waals surface area contributed by atoms with E-state index in [1.54, 1.807) is 26.2 Å². The summed E-state index contributed by atoms with van der Waals surface area (Å²) in [4.78, 5) is 39.0. The van der Waals surface area contributed by atoms with Gasteiger partial charge in [0.1, 0.15) is 5.75 Å². The fourth-order valence-electron chi connectivity index (χ4n) is 4.34. The van der Waals surface area contributed by atoms with Crippen molar-refractivity contribution >= 4 is 18.2 Å². The van der Waals surface area contributed by atoms with E-state index in [0.29, 0.717) is 18.5 Å². The van der Waals surface area contributed by atoms with E-state index >= 15 is 0 Å². The summed E-state index contributed by atoms with van der Waals surface area (Å²) in [7, 11) is 1.58. The number of esters is 1. The maximum atomic E-state index is 13.2. The van der Waals surface area contributed by atoms with Gasteiger partial charge in [0.2, 0.25) is 11.4 Å². The van der Waals surface area contributed by atoms with Gasteiger partial charge < -0.3 is 14.4 Å². The van der Waals surface area contributed by atoms with E-state index in [4.69, 9.17) is 9.47 Å². The number of carbonyl (C=O) groups is 3. The predicted molar refractivity (Wildman–Crippen MR) is 99.1 cm³/mol. The van der Waals surface area contributed by atoms with Crippen molar-refractivity contribution < 1.29 is 23.9 Å². The van der Waals surface area contributed by atoms with Gasteiger partial charge in [-0.3, -0.25) is 9.59 Å². The normalized spacial score (nSPS) is 29.1. The number of unbranched alkanes of at least 4 members (excludes halogenated alkanes) is 3. The van der Waals surface area contributed by atoms with Crippen molar-refractivity contribution in [3.05, 3.63) is 29.8 Å². The Hall–Kier alpha value is -2.37. The highest BCUT2D eigenvalue weighted by Gasteiger charge is 2.79. The van der Waals surface area contributed by atoms with Crippen LogP contribution in [0.4, 0.5) is 0 Å². The molecule has 0 radical (unpaired) electrons. The number of fused-ring (bicyclic) bond motifs is 1. The zero-order valence-corrected chi connectivity index (χ0v) is 16.2. The second kappa shape index (κ2) is 7.33. The number of hydrogen-bond donors (Lipinski definition) is 0. The minimum absolute atomic E-state index is 0.178. The fourth-order valence-corrected chi connectivity index (χ4v) is 4.34. The van der Waals surface area contributed by atoms with Crippen molar-refractivity contribution in [2.24, 2.45) is 5.92 Å². The maximum absolute atomic E-state index is 13.2. The van der Waals surface area contributed by atoms with Gasteiger partial charge in [0.05, 0.1) is 13.0 Å². The SMILES string of the molecule is CCCCCC[C@@H]1C(=O)N(Cc2ccc(OC)cc2)C2(C=O)C(=O)O[C@@]12C. The molecule has 2 aliphatic rings. The van der Waals surface area contributed by atoms with Crippen LogP contribution in [-0.2, 0) is 25.7 Å². The number of ether oxygens (including phenoxy) is 2. The molecule has 2 heterocycles. The molecule has 0 bridgehead atoms. The number of hydrogen-bond acceptors (Lipinski definition) is 5. The number of rotatable bonds is 9. The smallest absolute Gasteiger partial charge is 0.344 e. The van der Waals surface area contributed by atoms with E-state index in [0.717, 1.165) is 31.2 Å². The average molecular weight is 373 g/mol. The molecule has 1 aromatic rings. The maximum Gasteiger partial charge on any atom is 0.344 e. The number of aldehydes is 1. The Morgan fingerprint density at radius 3 is 2.44 bits per heavy atom. The van der Waals surface area contributed by atoms with Crippen molar-refractivity contribution in [2.75, 3.05) is 7.11 Å². The van der Waals surface area contributed by atoms with E-state index in [-0.39, 0.29) is 12.5 Å². The van der Waals surface area contributed by atoms with Gasteiger partial charge in [-0.25, -0.2) is 4.79 Å². The van der Waals surface area contributed by atoms with Crippen LogP contribution in [0.5, 0.6) is 5.75 Å². The first-order valence-electron chi connectivity index (χ1n) is 9.58. The van der Waals surface area contributed by atoms with Crippen LogP contribution in [0.1, 0.15) is 51.5 Å². The summed E-state index contributed by atoms with van der Waals surface area (Å²) in [6.07, 6.45) is 5.34. The lowest BCUT2D eigenvalue weighted by Gasteiger charge is -2.50. The minimum Gasteiger partial charge on any atom is -0.497 e. The largest absolute Gasteiger partial charge is 0.497 e. The standard InChI is InChI=1S/C21H27NO5/c1-4-5-6-7-8-17-18(24)22(13-15-9-11-16(26-3)12-10-15)21(14-23)19(25)27-20(17,21)2/h9-12,14,17H,4-8,13H2,1-3H3/t17-,20+,21?/m1/s1. The van der Waals surface area contributed by atoms with E-state index in [1.807, 2.05) is 12.1 Å². The van der Waals surface area contributed by atoms with Gasteiger partial charge in [-0.05, 0) is 31.0 Å². The number of amides is 1. The van der Waals surface area contributed by atoms with Gasteiger partial charge in [0.15, 0.2) is 11.9 Å². The van der Waals surface area contributed by atoms with Gasteiger partial charge in [-0.2, -0.15) is 0 Å². The average Bonchev–Trinajstić information content (AvgIpc) is 2.80. The van der Waals surface area contributed by atoms with E-state index in [2.05, 4.69) is 6.92 Å². The molecule has 1 aromatic carbocycles. The van der Waals surface area contributed by atoms with Crippen LogP contribution in [0.25, 0.3) is 0 Å². The number of nitrogens with zero attached hydrogens (tertiary/aromatic N) is 1. The Labute approximate surface area is 159 Å². The highest BCUT2D eigenvalue weighted by Crippen LogP contribution is 2.54. The highest BCUT2D eigenvalue weighted by molar-refractivity contribution is 6.12. The molecule has 2 fully saturated rings. The summed E-state index contributed by atoms with van der Waals surface area (Å²) in [5.74, 6) is -0.575. The zero-order chi connectivity index (χ0) is 19.7. The molecule has 0 aromatic heterocycles. The first-order valence-corrected chi connectivity index (χ1v) is 9.58. The molecule has 2 aliphatic heterocycles. The molecule has 6 heteroatoms. The molecule has 0 aliphatic carbocycles. The lowest BCUT2D eigenvalue weighted by molar-refractivity contribution is -0.226. The van der Waals surface area contributed by atoms with Gasteiger partial charge in [0, 0.05) is 6.54 Å². The molecule has 0 N–H and O–H groups in total. The number of methoxy groups -OCH3 is 1. The molecule has 3 rings (SSSR count). The van der Waals surface area contributed by atoms with Crippen LogP contribution < -0.4 is 4.74 Å². The Kier molecular flexibility index (Phi) is 5.27. The number of carbonyl (C=O) groups excluding carboxylic acids is 3. The first-order chi connectivity index (χ1) is 12.9. The molecule has 3 atom stereocenters. The van der Waals surface area contributed by atoms with E-state index in [9.17, 15) is 14.4 Å². The molecular formula is C21H27NO5. The summed E-state index contributed by atoms with van der Waals surface area (Å²) in [5, 5.41) is 0. The Morgan fingerprint density at radius 2 is 1.89 bits per heavy atom. The molecule has 6 nitrogen and oxygen atoms in total. The summed E-state index contributed by atoms with van der Waals surface area (Å²) in [6, 6.07) is 7.26. The second-order valence-electron chi connectivity index (χ2n) is 7.56. The molecule has 2 saturated heterocycles. The van der Waals surface area contributed by atoms with Gasteiger partial charge >= 0.3 is 5.97 Å². The minimum atomic E-state index is -1.51. The third-order valence-electron chi connectivity index (χ3n) is 6.04. The molecule has 146 valence electrons. The Morgan fingerprint density at radius 1 is 1.19 bits per heavy atom. The number of benzene rings is 1. The monoisotopic (exact) mass is 373 g/mol. The Balaban J connectivity index is 1.86. The summed E-state index contributed by atoms with van der Waals surface area (Å²) in [6.45, 7) is 4.04. The topological polar surface area (TPSA) is 72.9 Å². The van der Waals surface area contributed by atoms with Crippen molar-refractivity contribution in [3.8, 4) is 5.75 Å². The van der Waals surface area contributed by atoms with E-state index < -0.39 is 23.0 Å². The molecular weight excluding hydrogens is 346 g/mol. The Bertz CT molecular complexity index is 731. The first kappa shape index (κ1) is 19.4. The van der Waals surface area contributed by atoms with Crippen molar-refractivity contribution in [3.63, 3.8) is 0 Å². The van der Waals surface area contributed by atoms with Gasteiger partial charge in [-0.15, -0.1) is 0 Å². The summed E-state index contributed by atoms with van der Waals surface area (Å²) < 4.78 is 10.6. The van der Waals surface area contributed by atoms with Crippen LogP contribution in [0.15, 0.2) is 24.3 Å². The van der Waals surface area contributed by atoms with Crippen LogP contribution in [0.3, 0.4) is 0 Å². The lowest BCUT2D eigenvalue weighted by Crippen LogP contribution is -2.75. The third-order valence-corrected chi connectivity index (χ3v) is 6.04. The summed E-state index contributed by atoms with van der Waals surface area (Å²) in [5.41, 5.74) is -1.76. The number of likely N-dealkylation sites (tertiary alicyclic amines) is 1.